The Bertz CT molecular complexity index is 764. The molecule has 0 saturated carbocycles. The summed E-state index contributed by atoms with van der Waals surface area (Å²) >= 11 is 0. The molecule has 3 amide bonds. The number of anilines is 2. The van der Waals surface area contributed by atoms with Crippen molar-refractivity contribution < 1.29 is 14.4 Å². The van der Waals surface area contributed by atoms with E-state index in [9.17, 15) is 14.4 Å². The molecular formula is C18H17N3O3. The number of hydrogen-bond acceptors (Lipinski definition) is 4. The Kier molecular flexibility index (Phi) is 4.37. The van der Waals surface area contributed by atoms with Gasteiger partial charge < -0.3 is 5.32 Å². The summed E-state index contributed by atoms with van der Waals surface area (Å²) in [4.78, 5) is 41.6. The average molecular weight is 323 g/mol. The van der Waals surface area contributed by atoms with Crippen LogP contribution in [0.2, 0.25) is 0 Å². The summed E-state index contributed by atoms with van der Waals surface area (Å²) < 4.78 is 0. The van der Waals surface area contributed by atoms with E-state index in [0.717, 1.165) is 17.7 Å². The zero-order valence-electron chi connectivity index (χ0n) is 13.3. The highest BCUT2D eigenvalue weighted by Gasteiger charge is 2.37. The molecular weight excluding hydrogens is 306 g/mol. The van der Waals surface area contributed by atoms with E-state index in [4.69, 9.17) is 0 Å². The highest BCUT2D eigenvalue weighted by molar-refractivity contribution is 6.33. The van der Waals surface area contributed by atoms with Gasteiger partial charge in [-0.3, -0.25) is 19.4 Å². The lowest BCUT2D eigenvalue weighted by Crippen LogP contribution is -2.29. The van der Waals surface area contributed by atoms with Gasteiger partial charge in [0.05, 0.1) is 11.3 Å². The third-order valence-corrected chi connectivity index (χ3v) is 3.81. The highest BCUT2D eigenvalue weighted by Crippen LogP contribution is 2.27. The Labute approximate surface area is 139 Å². The number of aromatic nitrogens is 1. The molecule has 6 heteroatoms. The molecule has 0 aliphatic carbocycles. The largest absolute Gasteiger partial charge is 0.326 e. The predicted octanol–water partition coefficient (Wildman–Crippen LogP) is 3.01. The summed E-state index contributed by atoms with van der Waals surface area (Å²) in [6.07, 6.45) is 3.76. The van der Waals surface area contributed by atoms with Crippen molar-refractivity contribution in [2.75, 3.05) is 10.2 Å². The number of fused-ring (bicyclic) bond motifs is 1. The van der Waals surface area contributed by atoms with E-state index in [-0.39, 0.29) is 17.5 Å². The fourth-order valence-corrected chi connectivity index (χ4v) is 2.56. The predicted molar refractivity (Wildman–Crippen MR) is 90.0 cm³/mol. The van der Waals surface area contributed by atoms with Gasteiger partial charge >= 0.3 is 0 Å². The van der Waals surface area contributed by atoms with Crippen LogP contribution in [0.4, 0.5) is 11.4 Å². The van der Waals surface area contributed by atoms with Gasteiger partial charge in [-0.25, -0.2) is 4.90 Å². The van der Waals surface area contributed by atoms with Crippen LogP contribution in [0.25, 0.3) is 0 Å². The lowest BCUT2D eigenvalue weighted by molar-refractivity contribution is -0.116. The summed E-state index contributed by atoms with van der Waals surface area (Å²) in [5, 5.41) is 2.79. The fourth-order valence-electron chi connectivity index (χ4n) is 2.56. The van der Waals surface area contributed by atoms with Gasteiger partial charge in [0.2, 0.25) is 5.91 Å². The lowest BCUT2D eigenvalue weighted by Gasteiger charge is -2.14. The maximum atomic E-state index is 12.4. The second-order valence-corrected chi connectivity index (χ2v) is 5.54. The first-order chi connectivity index (χ1) is 11.6. The number of pyridine rings is 1. The van der Waals surface area contributed by atoms with Gasteiger partial charge in [-0.05, 0) is 42.8 Å². The van der Waals surface area contributed by atoms with Gasteiger partial charge in [-0.1, -0.05) is 13.3 Å². The molecule has 0 saturated heterocycles. The number of benzene rings is 1. The smallest absolute Gasteiger partial charge is 0.284 e. The molecule has 1 aromatic carbocycles. The number of carbonyl (C=O) groups is 3. The van der Waals surface area contributed by atoms with Gasteiger partial charge in [0.15, 0.2) is 0 Å². The van der Waals surface area contributed by atoms with Crippen molar-refractivity contribution in [3.05, 3.63) is 53.9 Å². The lowest BCUT2D eigenvalue weighted by atomic mass is 10.2. The van der Waals surface area contributed by atoms with Crippen LogP contribution in [0.5, 0.6) is 0 Å². The molecule has 0 fully saturated rings. The van der Waals surface area contributed by atoms with E-state index in [1.165, 1.54) is 6.20 Å². The van der Waals surface area contributed by atoms with Crippen molar-refractivity contribution in [3.63, 3.8) is 0 Å². The van der Waals surface area contributed by atoms with E-state index in [2.05, 4.69) is 10.3 Å². The first kappa shape index (κ1) is 15.9. The minimum absolute atomic E-state index is 0.0467. The monoisotopic (exact) mass is 323 g/mol. The Morgan fingerprint density at radius 3 is 2.54 bits per heavy atom. The highest BCUT2D eigenvalue weighted by atomic mass is 16.2. The average Bonchev–Trinajstić information content (AvgIpc) is 2.85. The van der Waals surface area contributed by atoms with Crippen LogP contribution in [0, 0.1) is 0 Å². The number of hydrogen-bond donors (Lipinski definition) is 1. The Balaban J connectivity index is 1.76. The van der Waals surface area contributed by atoms with E-state index in [1.807, 2.05) is 6.92 Å². The van der Waals surface area contributed by atoms with Crippen molar-refractivity contribution in [1.29, 1.82) is 0 Å². The molecule has 0 radical (unpaired) electrons. The molecule has 0 unspecified atom stereocenters. The van der Waals surface area contributed by atoms with Gasteiger partial charge in [0.1, 0.15) is 5.69 Å². The molecule has 1 aromatic heterocycles. The maximum absolute atomic E-state index is 12.4. The summed E-state index contributed by atoms with van der Waals surface area (Å²) in [6, 6.07) is 9.84. The molecule has 24 heavy (non-hydrogen) atoms. The number of nitrogens with one attached hydrogen (secondary N) is 1. The van der Waals surface area contributed by atoms with Crippen molar-refractivity contribution in [1.82, 2.24) is 4.98 Å². The summed E-state index contributed by atoms with van der Waals surface area (Å²) in [5.74, 6) is -0.868. The SMILES string of the molecule is CCCCC(=O)Nc1ccc(N2C(=O)c3cccnc3C2=O)cc1. The molecule has 1 aliphatic rings. The van der Waals surface area contributed by atoms with Crippen molar-refractivity contribution >= 4 is 29.1 Å². The molecule has 3 rings (SSSR count). The third kappa shape index (κ3) is 2.90. The molecule has 2 heterocycles. The zero-order valence-corrected chi connectivity index (χ0v) is 13.3. The maximum Gasteiger partial charge on any atom is 0.284 e. The Hall–Kier alpha value is -3.02. The van der Waals surface area contributed by atoms with Gasteiger partial charge in [0, 0.05) is 18.3 Å². The number of amides is 3. The van der Waals surface area contributed by atoms with Gasteiger partial charge in [-0.15, -0.1) is 0 Å². The van der Waals surface area contributed by atoms with Crippen LogP contribution in [0.15, 0.2) is 42.6 Å². The second kappa shape index (κ2) is 6.62. The van der Waals surface area contributed by atoms with E-state index in [1.54, 1.807) is 36.4 Å². The summed E-state index contributed by atoms with van der Waals surface area (Å²) in [7, 11) is 0. The van der Waals surface area contributed by atoms with Crippen LogP contribution in [-0.4, -0.2) is 22.7 Å². The van der Waals surface area contributed by atoms with Crippen LogP contribution in [0.1, 0.15) is 47.0 Å². The standard InChI is InChI=1S/C18H17N3O3/c1-2-3-6-15(22)20-12-7-9-13(10-8-12)21-17(23)14-5-4-11-19-16(14)18(21)24/h4-5,7-11H,2-3,6H2,1H3,(H,20,22). The van der Waals surface area contributed by atoms with E-state index >= 15 is 0 Å². The van der Waals surface area contributed by atoms with Crippen LogP contribution in [-0.2, 0) is 4.79 Å². The van der Waals surface area contributed by atoms with E-state index in [0.29, 0.717) is 23.4 Å². The fraction of sp³-hybridized carbons (Fsp3) is 0.222. The quantitative estimate of drug-likeness (QED) is 0.858. The van der Waals surface area contributed by atoms with Crippen LogP contribution in [0.3, 0.4) is 0 Å². The summed E-state index contributed by atoms with van der Waals surface area (Å²) in [5.41, 5.74) is 1.56. The normalized spacial score (nSPS) is 13.1. The number of carbonyl (C=O) groups excluding carboxylic acids is 3. The molecule has 122 valence electrons. The van der Waals surface area contributed by atoms with Gasteiger partial charge in [-0.2, -0.15) is 0 Å². The summed E-state index contributed by atoms with van der Waals surface area (Å²) in [6.45, 7) is 2.03. The van der Waals surface area contributed by atoms with Crippen LogP contribution >= 0.6 is 0 Å². The number of rotatable bonds is 5. The second-order valence-electron chi connectivity index (χ2n) is 5.54. The van der Waals surface area contributed by atoms with Crippen molar-refractivity contribution in [2.24, 2.45) is 0 Å². The molecule has 6 nitrogen and oxygen atoms in total. The molecule has 0 atom stereocenters. The number of unbranched alkanes of at least 4 members (excludes halogenated alkanes) is 1. The third-order valence-electron chi connectivity index (χ3n) is 3.81. The van der Waals surface area contributed by atoms with Crippen LogP contribution < -0.4 is 10.2 Å². The minimum atomic E-state index is -0.435. The molecule has 0 spiro atoms. The van der Waals surface area contributed by atoms with E-state index < -0.39 is 5.91 Å². The van der Waals surface area contributed by atoms with Gasteiger partial charge in [0.25, 0.3) is 11.8 Å². The molecule has 2 aromatic rings. The Morgan fingerprint density at radius 1 is 1.12 bits per heavy atom. The molecule has 1 N–H and O–H groups in total. The molecule has 1 aliphatic heterocycles. The first-order valence-corrected chi connectivity index (χ1v) is 7.85. The van der Waals surface area contributed by atoms with Crippen molar-refractivity contribution in [3.8, 4) is 0 Å². The Morgan fingerprint density at radius 2 is 1.88 bits per heavy atom. The first-order valence-electron chi connectivity index (χ1n) is 7.85. The molecule has 0 bridgehead atoms. The van der Waals surface area contributed by atoms with Crippen molar-refractivity contribution in [2.45, 2.75) is 26.2 Å². The zero-order chi connectivity index (χ0) is 17.1. The minimum Gasteiger partial charge on any atom is -0.326 e. The number of imide groups is 1. The topological polar surface area (TPSA) is 79.4 Å². The number of nitrogens with zero attached hydrogens (tertiary/aromatic N) is 2.